The van der Waals surface area contributed by atoms with Gasteiger partial charge in [-0.2, -0.15) is 0 Å². The topological polar surface area (TPSA) is 76.2 Å². The molecule has 1 fully saturated rings. The second-order valence-corrected chi connectivity index (χ2v) is 4.62. The van der Waals surface area contributed by atoms with Crippen molar-refractivity contribution in [3.05, 3.63) is 11.8 Å². The van der Waals surface area contributed by atoms with E-state index >= 15 is 0 Å². The van der Waals surface area contributed by atoms with Gasteiger partial charge in [0.1, 0.15) is 0 Å². The predicted molar refractivity (Wildman–Crippen MR) is 60.7 cm³/mol. The quantitative estimate of drug-likeness (QED) is 0.815. The highest BCUT2D eigenvalue weighted by atomic mass is 16.4. The molecule has 1 N–H and O–H groups in total. The molecule has 94 valence electrons. The number of carboxylic acid groups (broad SMARTS) is 1. The van der Waals surface area contributed by atoms with Crippen molar-refractivity contribution >= 4 is 5.97 Å². The minimum atomic E-state index is -0.834. The SMILES string of the molecule is O=C(O)CCc1nnc(C2CCCCCC2)o1. The lowest BCUT2D eigenvalue weighted by atomic mass is 10.0. The zero-order valence-corrected chi connectivity index (χ0v) is 9.89. The number of carboxylic acids is 1. The summed E-state index contributed by atoms with van der Waals surface area (Å²) in [5, 5.41) is 16.5. The van der Waals surface area contributed by atoms with E-state index in [-0.39, 0.29) is 6.42 Å². The Balaban J connectivity index is 1.94. The Hall–Kier alpha value is -1.39. The molecule has 0 atom stereocenters. The van der Waals surface area contributed by atoms with Gasteiger partial charge in [0.25, 0.3) is 0 Å². The molecule has 1 heterocycles. The monoisotopic (exact) mass is 238 g/mol. The van der Waals surface area contributed by atoms with Crippen LogP contribution in [0.1, 0.15) is 62.6 Å². The fraction of sp³-hybridized carbons (Fsp3) is 0.750. The van der Waals surface area contributed by atoms with E-state index in [4.69, 9.17) is 9.52 Å². The maximum Gasteiger partial charge on any atom is 0.303 e. The van der Waals surface area contributed by atoms with Gasteiger partial charge in [-0.15, -0.1) is 10.2 Å². The Morgan fingerprint density at radius 2 is 1.94 bits per heavy atom. The molecule has 1 saturated carbocycles. The summed E-state index contributed by atoms with van der Waals surface area (Å²) in [5.41, 5.74) is 0. The number of carbonyl (C=O) groups is 1. The molecular formula is C12H18N2O3. The molecule has 0 aliphatic heterocycles. The van der Waals surface area contributed by atoms with Crippen LogP contribution in [0.5, 0.6) is 0 Å². The zero-order chi connectivity index (χ0) is 12.1. The van der Waals surface area contributed by atoms with Gasteiger partial charge in [0.15, 0.2) is 0 Å². The molecule has 5 nitrogen and oxygen atoms in total. The molecule has 0 unspecified atom stereocenters. The second-order valence-electron chi connectivity index (χ2n) is 4.62. The Bertz CT molecular complexity index is 368. The molecular weight excluding hydrogens is 220 g/mol. The van der Waals surface area contributed by atoms with Crippen molar-refractivity contribution in [2.75, 3.05) is 0 Å². The van der Waals surface area contributed by atoms with Crippen LogP contribution < -0.4 is 0 Å². The Morgan fingerprint density at radius 3 is 2.59 bits per heavy atom. The van der Waals surface area contributed by atoms with Gasteiger partial charge in [0.05, 0.1) is 6.42 Å². The number of aryl methyl sites for hydroxylation is 1. The van der Waals surface area contributed by atoms with Crippen LogP contribution in [0.2, 0.25) is 0 Å². The number of hydrogen-bond acceptors (Lipinski definition) is 4. The number of hydrogen-bond donors (Lipinski definition) is 1. The van der Waals surface area contributed by atoms with Gasteiger partial charge in [0, 0.05) is 12.3 Å². The normalized spacial score (nSPS) is 17.9. The van der Waals surface area contributed by atoms with Crippen molar-refractivity contribution in [2.24, 2.45) is 0 Å². The fourth-order valence-corrected chi connectivity index (χ4v) is 2.27. The van der Waals surface area contributed by atoms with Crippen molar-refractivity contribution in [2.45, 2.75) is 57.3 Å². The van der Waals surface area contributed by atoms with E-state index in [0.29, 0.717) is 24.1 Å². The van der Waals surface area contributed by atoms with Crippen molar-refractivity contribution in [3.8, 4) is 0 Å². The minimum Gasteiger partial charge on any atom is -0.481 e. The molecule has 5 heteroatoms. The number of aromatic nitrogens is 2. The smallest absolute Gasteiger partial charge is 0.303 e. The maximum atomic E-state index is 10.4. The van der Waals surface area contributed by atoms with Crippen LogP contribution in [0.15, 0.2) is 4.42 Å². The van der Waals surface area contributed by atoms with Crippen LogP contribution in [-0.2, 0) is 11.2 Å². The Morgan fingerprint density at radius 1 is 1.24 bits per heavy atom. The van der Waals surface area contributed by atoms with Crippen molar-refractivity contribution < 1.29 is 14.3 Å². The summed E-state index contributed by atoms with van der Waals surface area (Å²) < 4.78 is 5.54. The van der Waals surface area contributed by atoms with Crippen molar-refractivity contribution in [1.82, 2.24) is 10.2 Å². The zero-order valence-electron chi connectivity index (χ0n) is 9.89. The first-order chi connectivity index (χ1) is 8.25. The van der Waals surface area contributed by atoms with Gasteiger partial charge in [-0.25, -0.2) is 0 Å². The highest BCUT2D eigenvalue weighted by molar-refractivity contribution is 5.66. The summed E-state index contributed by atoms with van der Waals surface area (Å²) in [4.78, 5) is 10.4. The molecule has 0 bridgehead atoms. The lowest BCUT2D eigenvalue weighted by Crippen LogP contribution is -1.97. The molecule has 0 saturated heterocycles. The first-order valence-electron chi connectivity index (χ1n) is 6.30. The molecule has 1 aliphatic rings. The van der Waals surface area contributed by atoms with Gasteiger partial charge in [-0.1, -0.05) is 25.7 Å². The number of aliphatic carboxylic acids is 1. The van der Waals surface area contributed by atoms with Gasteiger partial charge >= 0.3 is 5.97 Å². The molecule has 1 aliphatic carbocycles. The second kappa shape index (κ2) is 5.80. The summed E-state index contributed by atoms with van der Waals surface area (Å²) in [6.07, 6.45) is 7.62. The number of nitrogens with zero attached hydrogens (tertiary/aromatic N) is 2. The van der Waals surface area contributed by atoms with Crippen LogP contribution in [-0.4, -0.2) is 21.3 Å². The molecule has 0 amide bonds. The molecule has 1 aromatic rings. The number of rotatable bonds is 4. The highest BCUT2D eigenvalue weighted by Crippen LogP contribution is 2.30. The maximum absolute atomic E-state index is 10.4. The first-order valence-corrected chi connectivity index (χ1v) is 6.30. The molecule has 1 aromatic heterocycles. The standard InChI is InChI=1S/C12H18N2O3/c15-11(16)8-7-10-13-14-12(17-10)9-5-3-1-2-4-6-9/h9H,1-8H2,(H,15,16). The summed E-state index contributed by atoms with van der Waals surface area (Å²) in [7, 11) is 0. The largest absolute Gasteiger partial charge is 0.481 e. The van der Waals surface area contributed by atoms with Gasteiger partial charge < -0.3 is 9.52 Å². The van der Waals surface area contributed by atoms with E-state index in [0.717, 1.165) is 12.8 Å². The van der Waals surface area contributed by atoms with E-state index in [1.54, 1.807) is 0 Å². The third-order valence-corrected chi connectivity index (χ3v) is 3.24. The van der Waals surface area contributed by atoms with E-state index in [1.165, 1.54) is 25.7 Å². The first kappa shape index (κ1) is 12.1. The third-order valence-electron chi connectivity index (χ3n) is 3.24. The molecule has 0 radical (unpaired) electrons. The average Bonchev–Trinajstić information content (AvgIpc) is 2.60. The third kappa shape index (κ3) is 3.54. The van der Waals surface area contributed by atoms with Gasteiger partial charge in [0.2, 0.25) is 11.8 Å². The molecule has 2 rings (SSSR count). The van der Waals surface area contributed by atoms with Gasteiger partial charge in [-0.3, -0.25) is 4.79 Å². The summed E-state index contributed by atoms with van der Waals surface area (Å²) in [6, 6.07) is 0. The lowest BCUT2D eigenvalue weighted by Gasteiger charge is -2.07. The van der Waals surface area contributed by atoms with Crippen LogP contribution in [0.3, 0.4) is 0 Å². The summed E-state index contributed by atoms with van der Waals surface area (Å²) in [6.45, 7) is 0. The van der Waals surface area contributed by atoms with E-state index in [9.17, 15) is 4.79 Å². The Labute approximate surface area is 100 Å². The minimum absolute atomic E-state index is 0.0479. The van der Waals surface area contributed by atoms with Crippen LogP contribution in [0.4, 0.5) is 0 Å². The highest BCUT2D eigenvalue weighted by Gasteiger charge is 2.20. The van der Waals surface area contributed by atoms with Crippen molar-refractivity contribution in [1.29, 1.82) is 0 Å². The average molecular weight is 238 g/mol. The lowest BCUT2D eigenvalue weighted by molar-refractivity contribution is -0.137. The van der Waals surface area contributed by atoms with Crippen molar-refractivity contribution in [3.63, 3.8) is 0 Å². The van der Waals surface area contributed by atoms with Crippen LogP contribution >= 0.6 is 0 Å². The van der Waals surface area contributed by atoms with Crippen LogP contribution in [0.25, 0.3) is 0 Å². The van der Waals surface area contributed by atoms with E-state index < -0.39 is 5.97 Å². The predicted octanol–water partition coefficient (Wildman–Crippen LogP) is 2.52. The fourth-order valence-electron chi connectivity index (χ4n) is 2.27. The molecule has 0 spiro atoms. The Kier molecular flexibility index (Phi) is 4.12. The van der Waals surface area contributed by atoms with Crippen LogP contribution in [0, 0.1) is 0 Å². The summed E-state index contributed by atoms with van der Waals surface area (Å²) in [5.74, 6) is 0.696. The molecule has 0 aromatic carbocycles. The van der Waals surface area contributed by atoms with Gasteiger partial charge in [-0.05, 0) is 12.8 Å². The van der Waals surface area contributed by atoms with E-state index in [2.05, 4.69) is 10.2 Å². The summed E-state index contributed by atoms with van der Waals surface area (Å²) >= 11 is 0. The molecule has 17 heavy (non-hydrogen) atoms. The van der Waals surface area contributed by atoms with E-state index in [1.807, 2.05) is 0 Å².